The normalized spacial score (nSPS) is 10.6. The van der Waals surface area contributed by atoms with E-state index in [0.717, 1.165) is 6.42 Å². The third-order valence-electron chi connectivity index (χ3n) is 2.81. The van der Waals surface area contributed by atoms with Crippen molar-refractivity contribution in [3.8, 4) is 11.1 Å². The van der Waals surface area contributed by atoms with Gasteiger partial charge in [-0.05, 0) is 47.9 Å². The van der Waals surface area contributed by atoms with E-state index in [9.17, 15) is 0 Å². The highest BCUT2D eigenvalue weighted by molar-refractivity contribution is 7.10. The summed E-state index contributed by atoms with van der Waals surface area (Å²) in [6.45, 7) is 6.57. The van der Waals surface area contributed by atoms with Gasteiger partial charge in [0.25, 0.3) is 0 Å². The molecule has 0 aliphatic rings. The average molecular weight is 216 g/mol. The molecule has 0 saturated carbocycles. The van der Waals surface area contributed by atoms with Crippen LogP contribution in [-0.4, -0.2) is 0 Å². The Kier molecular flexibility index (Phi) is 2.92. The van der Waals surface area contributed by atoms with Crippen molar-refractivity contribution < 1.29 is 0 Å². The van der Waals surface area contributed by atoms with Crippen LogP contribution >= 0.6 is 11.3 Å². The van der Waals surface area contributed by atoms with Gasteiger partial charge in [-0.3, -0.25) is 0 Å². The number of thiophene rings is 1. The predicted octanol–water partition coefficient (Wildman–Crippen LogP) is 4.59. The summed E-state index contributed by atoms with van der Waals surface area (Å²) in [4.78, 5) is 1.41. The Balaban J connectivity index is 2.45. The molecule has 0 radical (unpaired) electrons. The summed E-state index contributed by atoms with van der Waals surface area (Å²) >= 11 is 1.84. The molecule has 0 unspecified atom stereocenters. The summed E-state index contributed by atoms with van der Waals surface area (Å²) in [5.41, 5.74) is 5.57. The Bertz CT molecular complexity index is 429. The lowest BCUT2D eigenvalue weighted by Gasteiger charge is -2.04. The second kappa shape index (κ2) is 4.19. The molecular weight excluding hydrogens is 200 g/mol. The van der Waals surface area contributed by atoms with Crippen LogP contribution in [0.25, 0.3) is 11.1 Å². The molecule has 0 N–H and O–H groups in total. The van der Waals surface area contributed by atoms with E-state index in [2.05, 4.69) is 50.4 Å². The zero-order valence-corrected chi connectivity index (χ0v) is 10.3. The topological polar surface area (TPSA) is 0 Å². The number of rotatable bonds is 2. The van der Waals surface area contributed by atoms with Crippen molar-refractivity contribution in [2.45, 2.75) is 27.2 Å². The molecule has 1 heterocycles. The van der Waals surface area contributed by atoms with Crippen LogP contribution in [0.5, 0.6) is 0 Å². The van der Waals surface area contributed by atoms with Crippen LogP contribution in [0.1, 0.15) is 22.9 Å². The molecule has 0 aliphatic heterocycles. The fourth-order valence-electron chi connectivity index (χ4n) is 1.91. The van der Waals surface area contributed by atoms with Crippen LogP contribution < -0.4 is 0 Å². The summed E-state index contributed by atoms with van der Waals surface area (Å²) < 4.78 is 0. The molecule has 0 amide bonds. The summed E-state index contributed by atoms with van der Waals surface area (Å²) in [5.74, 6) is 0. The minimum absolute atomic E-state index is 1.11. The average Bonchev–Trinajstić information content (AvgIpc) is 2.59. The third-order valence-corrected chi connectivity index (χ3v) is 3.84. The van der Waals surface area contributed by atoms with Crippen LogP contribution in [0, 0.1) is 13.8 Å². The van der Waals surface area contributed by atoms with E-state index >= 15 is 0 Å². The smallest absolute Gasteiger partial charge is 0.00953 e. The van der Waals surface area contributed by atoms with Crippen molar-refractivity contribution >= 4 is 11.3 Å². The SMILES string of the molecule is CCc1ccc(-c2c(C)csc2C)cc1. The Morgan fingerprint density at radius 2 is 1.73 bits per heavy atom. The van der Waals surface area contributed by atoms with E-state index in [1.165, 1.54) is 27.1 Å². The maximum Gasteiger partial charge on any atom is 0.00953 e. The zero-order chi connectivity index (χ0) is 10.8. The molecule has 2 aromatic rings. The first-order valence-electron chi connectivity index (χ1n) is 5.36. The van der Waals surface area contributed by atoms with E-state index in [0.29, 0.717) is 0 Å². The maximum atomic E-state index is 2.24. The standard InChI is InChI=1S/C14H16S/c1-4-12-5-7-13(8-6-12)14-10(2)9-15-11(14)3/h5-9H,4H2,1-3H3. The van der Waals surface area contributed by atoms with E-state index < -0.39 is 0 Å². The maximum absolute atomic E-state index is 2.24. The Morgan fingerprint density at radius 1 is 1.07 bits per heavy atom. The van der Waals surface area contributed by atoms with Crippen LogP contribution in [0.15, 0.2) is 29.6 Å². The molecule has 0 bridgehead atoms. The molecule has 15 heavy (non-hydrogen) atoms. The van der Waals surface area contributed by atoms with Gasteiger partial charge in [0.15, 0.2) is 0 Å². The summed E-state index contributed by atoms with van der Waals surface area (Å²) in [6.07, 6.45) is 1.11. The highest BCUT2D eigenvalue weighted by Gasteiger charge is 2.06. The molecular formula is C14H16S. The Morgan fingerprint density at radius 3 is 2.20 bits per heavy atom. The summed E-state index contributed by atoms with van der Waals surface area (Å²) in [7, 11) is 0. The van der Waals surface area contributed by atoms with Crippen LogP contribution in [-0.2, 0) is 6.42 Å². The molecule has 0 spiro atoms. The van der Waals surface area contributed by atoms with Gasteiger partial charge in [0, 0.05) is 4.88 Å². The minimum Gasteiger partial charge on any atom is -0.148 e. The summed E-state index contributed by atoms with van der Waals surface area (Å²) in [5, 5.41) is 2.23. The number of benzene rings is 1. The first-order valence-corrected chi connectivity index (χ1v) is 6.24. The van der Waals surface area contributed by atoms with E-state index in [4.69, 9.17) is 0 Å². The van der Waals surface area contributed by atoms with Crippen molar-refractivity contribution in [2.75, 3.05) is 0 Å². The molecule has 1 aromatic heterocycles. The first kappa shape index (κ1) is 10.4. The van der Waals surface area contributed by atoms with Gasteiger partial charge in [-0.2, -0.15) is 0 Å². The third kappa shape index (κ3) is 1.98. The van der Waals surface area contributed by atoms with E-state index in [-0.39, 0.29) is 0 Å². The quantitative estimate of drug-likeness (QED) is 0.688. The Labute approximate surface area is 95.6 Å². The van der Waals surface area contributed by atoms with Gasteiger partial charge in [-0.15, -0.1) is 11.3 Å². The molecule has 0 saturated heterocycles. The lowest BCUT2D eigenvalue weighted by molar-refractivity contribution is 1.14. The van der Waals surface area contributed by atoms with Crippen LogP contribution in [0.3, 0.4) is 0 Å². The molecule has 0 aliphatic carbocycles. The molecule has 2 rings (SSSR count). The molecule has 78 valence electrons. The van der Waals surface area contributed by atoms with E-state index in [1.807, 2.05) is 11.3 Å². The zero-order valence-electron chi connectivity index (χ0n) is 9.50. The van der Waals surface area contributed by atoms with Gasteiger partial charge in [0.1, 0.15) is 0 Å². The van der Waals surface area contributed by atoms with Crippen LogP contribution in [0.2, 0.25) is 0 Å². The number of aryl methyl sites for hydroxylation is 3. The van der Waals surface area contributed by atoms with Gasteiger partial charge < -0.3 is 0 Å². The minimum atomic E-state index is 1.11. The summed E-state index contributed by atoms with van der Waals surface area (Å²) in [6, 6.07) is 8.93. The van der Waals surface area contributed by atoms with Crippen molar-refractivity contribution in [1.29, 1.82) is 0 Å². The second-order valence-corrected chi connectivity index (χ2v) is 4.98. The first-order chi connectivity index (χ1) is 7.22. The van der Waals surface area contributed by atoms with Gasteiger partial charge in [-0.1, -0.05) is 31.2 Å². The lowest BCUT2D eigenvalue weighted by Crippen LogP contribution is -1.83. The fourth-order valence-corrected chi connectivity index (χ4v) is 2.78. The highest BCUT2D eigenvalue weighted by atomic mass is 32.1. The van der Waals surface area contributed by atoms with Gasteiger partial charge >= 0.3 is 0 Å². The largest absolute Gasteiger partial charge is 0.148 e. The Hall–Kier alpha value is -1.08. The van der Waals surface area contributed by atoms with Crippen LogP contribution in [0.4, 0.5) is 0 Å². The number of hydrogen-bond donors (Lipinski definition) is 0. The van der Waals surface area contributed by atoms with Crippen molar-refractivity contribution in [1.82, 2.24) is 0 Å². The molecule has 0 fully saturated rings. The highest BCUT2D eigenvalue weighted by Crippen LogP contribution is 2.31. The molecule has 1 heteroatoms. The van der Waals surface area contributed by atoms with Gasteiger partial charge in [0.05, 0.1) is 0 Å². The van der Waals surface area contributed by atoms with Gasteiger partial charge in [0.2, 0.25) is 0 Å². The van der Waals surface area contributed by atoms with Crippen molar-refractivity contribution in [3.05, 3.63) is 45.6 Å². The molecule has 0 atom stereocenters. The predicted molar refractivity (Wildman–Crippen MR) is 68.6 cm³/mol. The van der Waals surface area contributed by atoms with E-state index in [1.54, 1.807) is 0 Å². The fraction of sp³-hybridized carbons (Fsp3) is 0.286. The monoisotopic (exact) mass is 216 g/mol. The number of hydrogen-bond acceptors (Lipinski definition) is 1. The molecule has 0 nitrogen and oxygen atoms in total. The lowest BCUT2D eigenvalue weighted by atomic mass is 10.0. The van der Waals surface area contributed by atoms with Crippen molar-refractivity contribution in [2.24, 2.45) is 0 Å². The van der Waals surface area contributed by atoms with Crippen molar-refractivity contribution in [3.63, 3.8) is 0 Å². The van der Waals surface area contributed by atoms with Gasteiger partial charge in [-0.25, -0.2) is 0 Å². The molecule has 1 aromatic carbocycles. The second-order valence-electron chi connectivity index (χ2n) is 3.90.